The number of carbonyl (C=O) groups excluding carboxylic acids is 2. The van der Waals surface area contributed by atoms with Gasteiger partial charge in [0.2, 0.25) is 5.91 Å². The van der Waals surface area contributed by atoms with Crippen LogP contribution < -0.4 is 15.0 Å². The molecular formula is C19H20N4O3. The van der Waals surface area contributed by atoms with Crippen molar-refractivity contribution in [2.75, 3.05) is 36.4 Å². The molecule has 2 aromatic rings. The summed E-state index contributed by atoms with van der Waals surface area (Å²) in [6.07, 6.45) is 2.80. The van der Waals surface area contributed by atoms with Crippen LogP contribution in [-0.4, -0.2) is 54.0 Å². The Balaban J connectivity index is 1.34. The quantitative estimate of drug-likeness (QED) is 0.907. The van der Waals surface area contributed by atoms with Gasteiger partial charge in [-0.2, -0.15) is 0 Å². The third-order valence-corrected chi connectivity index (χ3v) is 4.73. The molecule has 26 heavy (non-hydrogen) atoms. The molecule has 2 aliphatic heterocycles. The summed E-state index contributed by atoms with van der Waals surface area (Å²) in [5.41, 5.74) is 1.76. The van der Waals surface area contributed by atoms with Gasteiger partial charge in [0.15, 0.2) is 6.10 Å². The van der Waals surface area contributed by atoms with Gasteiger partial charge in [-0.05, 0) is 24.3 Å². The normalized spacial score (nSPS) is 19.4. The molecule has 1 atom stereocenters. The average Bonchev–Trinajstić information content (AvgIpc) is 2.69. The highest BCUT2D eigenvalue weighted by molar-refractivity contribution is 5.99. The molecule has 0 saturated carbocycles. The highest BCUT2D eigenvalue weighted by Crippen LogP contribution is 2.29. The molecule has 1 aromatic heterocycles. The Kier molecular flexibility index (Phi) is 4.43. The minimum absolute atomic E-state index is 0.0510. The van der Waals surface area contributed by atoms with Crippen LogP contribution in [0.2, 0.25) is 0 Å². The number of aromatic nitrogens is 1. The Labute approximate surface area is 151 Å². The van der Waals surface area contributed by atoms with Crippen molar-refractivity contribution >= 4 is 23.2 Å². The molecule has 1 aromatic carbocycles. The number of nitrogens with zero attached hydrogens (tertiary/aromatic N) is 3. The Hall–Kier alpha value is -3.09. The van der Waals surface area contributed by atoms with E-state index in [9.17, 15) is 9.59 Å². The Bertz CT molecular complexity index is 803. The van der Waals surface area contributed by atoms with Crippen LogP contribution in [0.15, 0.2) is 48.8 Å². The zero-order valence-corrected chi connectivity index (χ0v) is 14.3. The first-order chi connectivity index (χ1) is 12.7. The Morgan fingerprint density at radius 1 is 1.12 bits per heavy atom. The SMILES string of the molecule is O=C1Nc2ccccc2O[C@@H]1CC(=O)N1CCN(c2ccncc2)CC1. The number of fused-ring (bicyclic) bond motifs is 1. The lowest BCUT2D eigenvalue weighted by molar-refractivity contribution is -0.137. The topological polar surface area (TPSA) is 74.8 Å². The minimum Gasteiger partial charge on any atom is -0.478 e. The average molecular weight is 352 g/mol. The van der Waals surface area contributed by atoms with Crippen LogP contribution in [-0.2, 0) is 9.59 Å². The molecule has 0 bridgehead atoms. The van der Waals surface area contributed by atoms with Crippen LogP contribution in [0.3, 0.4) is 0 Å². The van der Waals surface area contributed by atoms with Crippen molar-refractivity contribution < 1.29 is 14.3 Å². The maximum absolute atomic E-state index is 12.6. The van der Waals surface area contributed by atoms with Crippen molar-refractivity contribution in [3.63, 3.8) is 0 Å². The predicted molar refractivity (Wildman–Crippen MR) is 97.1 cm³/mol. The molecule has 2 aliphatic rings. The third kappa shape index (κ3) is 3.33. The van der Waals surface area contributed by atoms with Crippen LogP contribution in [0.4, 0.5) is 11.4 Å². The molecule has 1 fully saturated rings. The summed E-state index contributed by atoms with van der Waals surface area (Å²) >= 11 is 0. The molecule has 4 rings (SSSR count). The standard InChI is InChI=1S/C19H20N4O3/c24-18(13-17-19(25)21-15-3-1-2-4-16(15)26-17)23-11-9-22(10-12-23)14-5-7-20-8-6-14/h1-8,17H,9-13H2,(H,21,25)/t17-/m1/s1. The van der Waals surface area contributed by atoms with E-state index < -0.39 is 6.10 Å². The number of ether oxygens (including phenoxy) is 1. The number of nitrogens with one attached hydrogen (secondary N) is 1. The number of rotatable bonds is 3. The zero-order chi connectivity index (χ0) is 17.9. The maximum Gasteiger partial charge on any atom is 0.266 e. The summed E-state index contributed by atoms with van der Waals surface area (Å²) in [4.78, 5) is 32.9. The molecule has 0 aliphatic carbocycles. The van der Waals surface area contributed by atoms with E-state index in [2.05, 4.69) is 15.2 Å². The fourth-order valence-corrected chi connectivity index (χ4v) is 3.28. The van der Waals surface area contributed by atoms with Crippen molar-refractivity contribution in [1.82, 2.24) is 9.88 Å². The van der Waals surface area contributed by atoms with Crippen molar-refractivity contribution in [2.24, 2.45) is 0 Å². The van der Waals surface area contributed by atoms with E-state index in [1.165, 1.54) is 0 Å². The summed E-state index contributed by atoms with van der Waals surface area (Å²) in [6, 6.07) is 11.2. The molecule has 134 valence electrons. The lowest BCUT2D eigenvalue weighted by atomic mass is 10.1. The molecule has 1 saturated heterocycles. The van der Waals surface area contributed by atoms with E-state index in [-0.39, 0.29) is 18.2 Å². The van der Waals surface area contributed by atoms with E-state index >= 15 is 0 Å². The largest absolute Gasteiger partial charge is 0.478 e. The van der Waals surface area contributed by atoms with Gasteiger partial charge in [-0.25, -0.2) is 0 Å². The second-order valence-corrected chi connectivity index (χ2v) is 6.37. The first-order valence-corrected chi connectivity index (χ1v) is 8.70. The summed E-state index contributed by atoms with van der Waals surface area (Å²) < 4.78 is 5.72. The number of benzene rings is 1. The number of pyridine rings is 1. The molecular weight excluding hydrogens is 332 g/mol. The number of anilines is 2. The second kappa shape index (κ2) is 7.03. The molecule has 0 radical (unpaired) electrons. The molecule has 0 spiro atoms. The Morgan fingerprint density at radius 2 is 1.85 bits per heavy atom. The van der Waals surface area contributed by atoms with Crippen molar-refractivity contribution in [3.8, 4) is 5.75 Å². The van der Waals surface area contributed by atoms with Crippen LogP contribution in [0, 0.1) is 0 Å². The molecule has 2 amide bonds. The first-order valence-electron chi connectivity index (χ1n) is 8.70. The van der Waals surface area contributed by atoms with E-state index in [1.807, 2.05) is 24.3 Å². The summed E-state index contributed by atoms with van der Waals surface area (Å²) in [5, 5.41) is 2.80. The van der Waals surface area contributed by atoms with E-state index in [0.29, 0.717) is 24.5 Å². The monoisotopic (exact) mass is 352 g/mol. The van der Waals surface area contributed by atoms with Gasteiger partial charge in [-0.1, -0.05) is 12.1 Å². The van der Waals surface area contributed by atoms with E-state index in [0.717, 1.165) is 18.8 Å². The van der Waals surface area contributed by atoms with Gasteiger partial charge in [0.1, 0.15) is 5.75 Å². The first kappa shape index (κ1) is 16.4. The van der Waals surface area contributed by atoms with Gasteiger partial charge < -0.3 is 19.9 Å². The van der Waals surface area contributed by atoms with Crippen molar-refractivity contribution in [3.05, 3.63) is 48.8 Å². The van der Waals surface area contributed by atoms with Gasteiger partial charge in [-0.15, -0.1) is 0 Å². The lowest BCUT2D eigenvalue weighted by Gasteiger charge is -2.36. The van der Waals surface area contributed by atoms with E-state index in [1.54, 1.807) is 29.4 Å². The number of carbonyl (C=O) groups is 2. The van der Waals surface area contributed by atoms with Gasteiger partial charge in [-0.3, -0.25) is 14.6 Å². The second-order valence-electron chi connectivity index (χ2n) is 6.37. The van der Waals surface area contributed by atoms with Gasteiger partial charge in [0.05, 0.1) is 12.1 Å². The summed E-state index contributed by atoms with van der Waals surface area (Å²) in [6.45, 7) is 2.78. The lowest BCUT2D eigenvalue weighted by Crippen LogP contribution is -2.50. The van der Waals surface area contributed by atoms with Crippen LogP contribution in [0.1, 0.15) is 6.42 Å². The van der Waals surface area contributed by atoms with E-state index in [4.69, 9.17) is 4.74 Å². The molecule has 7 heteroatoms. The molecule has 1 N–H and O–H groups in total. The molecule has 3 heterocycles. The van der Waals surface area contributed by atoms with Gasteiger partial charge >= 0.3 is 0 Å². The van der Waals surface area contributed by atoms with Crippen molar-refractivity contribution in [2.45, 2.75) is 12.5 Å². The minimum atomic E-state index is -0.782. The summed E-state index contributed by atoms with van der Waals surface area (Å²) in [5.74, 6) is 0.277. The predicted octanol–water partition coefficient (Wildman–Crippen LogP) is 1.52. The fourth-order valence-electron chi connectivity index (χ4n) is 3.28. The van der Waals surface area contributed by atoms with Crippen molar-refractivity contribution in [1.29, 1.82) is 0 Å². The highest BCUT2D eigenvalue weighted by atomic mass is 16.5. The van der Waals surface area contributed by atoms with Gasteiger partial charge in [0, 0.05) is 44.3 Å². The molecule has 0 unspecified atom stereocenters. The number of piperazine rings is 1. The number of hydrogen-bond acceptors (Lipinski definition) is 5. The van der Waals surface area contributed by atoms with Gasteiger partial charge in [0.25, 0.3) is 5.91 Å². The smallest absolute Gasteiger partial charge is 0.266 e. The number of amides is 2. The zero-order valence-electron chi connectivity index (χ0n) is 14.3. The summed E-state index contributed by atoms with van der Waals surface area (Å²) in [7, 11) is 0. The molecule has 7 nitrogen and oxygen atoms in total. The third-order valence-electron chi connectivity index (χ3n) is 4.73. The number of para-hydroxylation sites is 2. The maximum atomic E-state index is 12.6. The number of hydrogen-bond donors (Lipinski definition) is 1. The Morgan fingerprint density at radius 3 is 2.62 bits per heavy atom. The fraction of sp³-hybridized carbons (Fsp3) is 0.316. The highest BCUT2D eigenvalue weighted by Gasteiger charge is 2.32. The van der Waals surface area contributed by atoms with Crippen LogP contribution in [0.5, 0.6) is 5.75 Å². The van der Waals surface area contributed by atoms with Crippen LogP contribution in [0.25, 0.3) is 0 Å². The van der Waals surface area contributed by atoms with Crippen LogP contribution >= 0.6 is 0 Å².